The number of hydrogen-bond donors (Lipinski definition) is 1. The Bertz CT molecular complexity index is 1610. The zero-order valence-electron chi connectivity index (χ0n) is 25.6. The molecule has 2 aliphatic heterocycles. The quantitative estimate of drug-likeness (QED) is 0.475. The summed E-state index contributed by atoms with van der Waals surface area (Å²) in [5, 5.41) is 7.92. The van der Waals surface area contributed by atoms with Gasteiger partial charge in [-0.1, -0.05) is 24.3 Å². The van der Waals surface area contributed by atoms with Crippen LogP contribution in [-0.2, 0) is 16.0 Å². The zero-order chi connectivity index (χ0) is 31.6. The maximum Gasteiger partial charge on any atom is 0.410 e. The molecule has 1 N–H and O–H groups in total. The van der Waals surface area contributed by atoms with Gasteiger partial charge in [-0.15, -0.1) is 0 Å². The number of fused-ring (bicyclic) bond motifs is 1. The normalized spacial score (nSPS) is 18.0. The molecule has 2 saturated heterocycles. The maximum atomic E-state index is 14.9. The molecule has 0 saturated carbocycles. The predicted molar refractivity (Wildman–Crippen MR) is 163 cm³/mol. The van der Waals surface area contributed by atoms with Crippen molar-refractivity contribution in [3.8, 4) is 0 Å². The molecule has 2 fully saturated rings. The summed E-state index contributed by atoms with van der Waals surface area (Å²) < 4.78 is 20.3. The summed E-state index contributed by atoms with van der Waals surface area (Å²) in [5.41, 5.74) is 0.426. The first kappa shape index (κ1) is 31.1. The highest BCUT2D eigenvalue weighted by Gasteiger charge is 2.33. The number of halogens is 1. The molecule has 3 amide bonds. The van der Waals surface area contributed by atoms with Crippen LogP contribution in [0.3, 0.4) is 0 Å². The van der Waals surface area contributed by atoms with Gasteiger partial charge in [0.1, 0.15) is 11.4 Å². The van der Waals surface area contributed by atoms with Crippen LogP contribution in [0.2, 0.25) is 0 Å². The highest BCUT2D eigenvalue weighted by molar-refractivity contribution is 5.95. The van der Waals surface area contributed by atoms with Crippen molar-refractivity contribution in [2.75, 3.05) is 52.4 Å². The van der Waals surface area contributed by atoms with Crippen molar-refractivity contribution in [3.05, 3.63) is 75.5 Å². The smallest absolute Gasteiger partial charge is 0.410 e. The standard InChI is InChI=1S/C32H39FN6O5/c1-21-19-39(31(43)44-32(2,3)4)16-15-38(21)20-28(40)36-11-13-37(14-12-36)30(42)25-17-22(9-10-26(25)33)18-27-23-7-5-6-8-24(23)29(41)35-34-27/h5-10,17,21H,11-16,18-20H2,1-4H3,(H,35,41)/t21-/m0/s1. The lowest BCUT2D eigenvalue weighted by Gasteiger charge is -2.41. The van der Waals surface area contributed by atoms with Crippen LogP contribution in [0.4, 0.5) is 9.18 Å². The van der Waals surface area contributed by atoms with Gasteiger partial charge in [-0.25, -0.2) is 14.3 Å². The molecule has 5 rings (SSSR count). The topological polar surface area (TPSA) is 119 Å². The van der Waals surface area contributed by atoms with Gasteiger partial charge in [-0.2, -0.15) is 5.10 Å². The molecule has 12 heteroatoms. The summed E-state index contributed by atoms with van der Waals surface area (Å²) in [6, 6.07) is 11.5. The summed E-state index contributed by atoms with van der Waals surface area (Å²) in [6.45, 7) is 10.5. The fourth-order valence-electron chi connectivity index (χ4n) is 5.67. The fraction of sp³-hybridized carbons (Fsp3) is 0.469. The Kier molecular flexibility index (Phi) is 9.00. The Morgan fingerprint density at radius 1 is 0.955 bits per heavy atom. The van der Waals surface area contributed by atoms with E-state index in [1.165, 1.54) is 12.1 Å². The Balaban J connectivity index is 1.16. The number of piperazine rings is 2. The first-order valence-corrected chi connectivity index (χ1v) is 14.9. The van der Waals surface area contributed by atoms with Crippen molar-refractivity contribution in [1.29, 1.82) is 0 Å². The second-order valence-electron chi connectivity index (χ2n) is 12.5. The molecule has 3 aromatic rings. The number of rotatable bonds is 5. The third kappa shape index (κ3) is 7.07. The molecule has 0 unspecified atom stereocenters. The third-order valence-corrected chi connectivity index (χ3v) is 8.08. The number of amides is 3. The molecule has 2 aromatic carbocycles. The van der Waals surface area contributed by atoms with Gasteiger partial charge in [0.2, 0.25) is 5.91 Å². The second kappa shape index (κ2) is 12.7. The van der Waals surface area contributed by atoms with Crippen LogP contribution in [0, 0.1) is 5.82 Å². The highest BCUT2D eigenvalue weighted by atomic mass is 19.1. The van der Waals surface area contributed by atoms with Crippen molar-refractivity contribution in [3.63, 3.8) is 0 Å². The summed E-state index contributed by atoms with van der Waals surface area (Å²) in [4.78, 5) is 58.1. The minimum Gasteiger partial charge on any atom is -0.444 e. The van der Waals surface area contributed by atoms with E-state index in [1.807, 2.05) is 39.8 Å². The highest BCUT2D eigenvalue weighted by Crippen LogP contribution is 2.21. The molecule has 44 heavy (non-hydrogen) atoms. The fourth-order valence-corrected chi connectivity index (χ4v) is 5.67. The Labute approximate surface area is 255 Å². The van der Waals surface area contributed by atoms with Gasteiger partial charge in [0.05, 0.1) is 23.2 Å². The van der Waals surface area contributed by atoms with Crippen molar-refractivity contribution in [2.24, 2.45) is 0 Å². The molecule has 234 valence electrons. The van der Waals surface area contributed by atoms with E-state index in [1.54, 1.807) is 32.9 Å². The van der Waals surface area contributed by atoms with Crippen LogP contribution >= 0.6 is 0 Å². The number of carbonyl (C=O) groups excluding carboxylic acids is 3. The number of aromatic nitrogens is 2. The van der Waals surface area contributed by atoms with E-state index in [4.69, 9.17) is 4.74 Å². The van der Waals surface area contributed by atoms with Gasteiger partial charge in [0, 0.05) is 63.7 Å². The summed E-state index contributed by atoms with van der Waals surface area (Å²) >= 11 is 0. The first-order valence-electron chi connectivity index (χ1n) is 14.9. The molecule has 2 aliphatic rings. The van der Waals surface area contributed by atoms with Gasteiger partial charge < -0.3 is 19.4 Å². The van der Waals surface area contributed by atoms with Crippen LogP contribution in [0.1, 0.15) is 49.3 Å². The van der Waals surface area contributed by atoms with E-state index >= 15 is 0 Å². The van der Waals surface area contributed by atoms with E-state index in [-0.39, 0.29) is 35.7 Å². The van der Waals surface area contributed by atoms with E-state index in [2.05, 4.69) is 15.1 Å². The van der Waals surface area contributed by atoms with Crippen molar-refractivity contribution >= 4 is 28.7 Å². The molecular formula is C32H39FN6O5. The molecule has 0 bridgehead atoms. The Morgan fingerprint density at radius 3 is 2.30 bits per heavy atom. The number of carbonyl (C=O) groups is 3. The minimum atomic E-state index is -0.615. The SMILES string of the molecule is C[C@H]1CN(C(=O)OC(C)(C)C)CCN1CC(=O)N1CCN(C(=O)c2cc(Cc3n[nH]c(=O)c4ccccc34)ccc2F)CC1. The average molecular weight is 607 g/mol. The summed E-state index contributed by atoms with van der Waals surface area (Å²) in [5.74, 6) is -1.08. The van der Waals surface area contributed by atoms with Gasteiger partial charge in [0.15, 0.2) is 0 Å². The summed E-state index contributed by atoms with van der Waals surface area (Å²) in [6.07, 6.45) is -0.0374. The monoisotopic (exact) mass is 606 g/mol. The molecule has 0 spiro atoms. The molecule has 1 atom stereocenters. The van der Waals surface area contributed by atoms with E-state index < -0.39 is 17.3 Å². The molecule has 0 aliphatic carbocycles. The number of hydrogen-bond acceptors (Lipinski definition) is 7. The van der Waals surface area contributed by atoms with Crippen LogP contribution in [0.5, 0.6) is 0 Å². The number of ether oxygens (including phenoxy) is 1. The van der Waals surface area contributed by atoms with Crippen molar-refractivity contribution in [2.45, 2.75) is 45.8 Å². The average Bonchev–Trinajstić information content (AvgIpc) is 2.99. The summed E-state index contributed by atoms with van der Waals surface area (Å²) in [7, 11) is 0. The lowest BCUT2D eigenvalue weighted by Crippen LogP contribution is -2.58. The minimum absolute atomic E-state index is 0.0114. The Morgan fingerprint density at radius 2 is 1.61 bits per heavy atom. The maximum absolute atomic E-state index is 14.9. The van der Waals surface area contributed by atoms with E-state index in [0.717, 1.165) is 0 Å². The molecule has 0 radical (unpaired) electrons. The Hall–Kier alpha value is -4.32. The van der Waals surface area contributed by atoms with Gasteiger partial charge >= 0.3 is 6.09 Å². The van der Waals surface area contributed by atoms with Crippen LogP contribution in [0.25, 0.3) is 10.8 Å². The number of nitrogens with zero attached hydrogens (tertiary/aromatic N) is 5. The second-order valence-corrected chi connectivity index (χ2v) is 12.5. The lowest BCUT2D eigenvalue weighted by molar-refractivity contribution is -0.135. The lowest BCUT2D eigenvalue weighted by atomic mass is 10.0. The molecular weight excluding hydrogens is 567 g/mol. The number of benzene rings is 2. The largest absolute Gasteiger partial charge is 0.444 e. The van der Waals surface area contributed by atoms with Gasteiger partial charge in [-0.05, 0) is 51.5 Å². The van der Waals surface area contributed by atoms with Crippen LogP contribution < -0.4 is 5.56 Å². The molecule has 1 aromatic heterocycles. The zero-order valence-corrected chi connectivity index (χ0v) is 25.6. The van der Waals surface area contributed by atoms with Crippen LogP contribution in [-0.4, -0.2) is 112 Å². The van der Waals surface area contributed by atoms with Gasteiger partial charge in [0.25, 0.3) is 11.5 Å². The van der Waals surface area contributed by atoms with E-state index in [9.17, 15) is 23.6 Å². The van der Waals surface area contributed by atoms with E-state index in [0.29, 0.717) is 74.3 Å². The number of H-pyrrole nitrogens is 1. The number of aromatic amines is 1. The molecule has 11 nitrogen and oxygen atoms in total. The third-order valence-electron chi connectivity index (χ3n) is 8.08. The molecule has 3 heterocycles. The van der Waals surface area contributed by atoms with Crippen molar-refractivity contribution < 1.29 is 23.5 Å². The predicted octanol–water partition coefficient (Wildman–Crippen LogP) is 2.88. The van der Waals surface area contributed by atoms with Crippen molar-refractivity contribution in [1.82, 2.24) is 29.8 Å². The first-order chi connectivity index (χ1) is 20.9. The number of nitrogens with one attached hydrogen (secondary N) is 1. The van der Waals surface area contributed by atoms with Gasteiger partial charge in [-0.3, -0.25) is 19.3 Å². The van der Waals surface area contributed by atoms with Crippen LogP contribution in [0.15, 0.2) is 47.3 Å².